The molecular formula is C18H21NO3. The van der Waals surface area contributed by atoms with Gasteiger partial charge in [0.2, 0.25) is 0 Å². The lowest BCUT2D eigenvalue weighted by Crippen LogP contribution is -2.15. The number of carbonyl (C=O) groups is 2. The third-order valence-electron chi connectivity index (χ3n) is 4.49. The molecule has 2 aromatic rings. The van der Waals surface area contributed by atoms with E-state index >= 15 is 0 Å². The third kappa shape index (κ3) is 3.21. The van der Waals surface area contributed by atoms with Gasteiger partial charge < -0.3 is 9.30 Å². The highest BCUT2D eigenvalue weighted by Crippen LogP contribution is 2.26. The number of para-hydroxylation sites is 1. The highest BCUT2D eigenvalue weighted by Gasteiger charge is 2.18. The van der Waals surface area contributed by atoms with Crippen LogP contribution in [0.2, 0.25) is 0 Å². The van der Waals surface area contributed by atoms with E-state index in [0.29, 0.717) is 17.9 Å². The average Bonchev–Trinajstić information content (AvgIpc) is 2.92. The van der Waals surface area contributed by atoms with Crippen LogP contribution in [0.5, 0.6) is 0 Å². The molecule has 4 nitrogen and oxygen atoms in total. The van der Waals surface area contributed by atoms with Crippen molar-refractivity contribution in [2.45, 2.75) is 45.3 Å². The predicted molar refractivity (Wildman–Crippen MR) is 84.6 cm³/mol. The molecule has 1 aromatic carbocycles. The minimum atomic E-state index is -0.141. The number of aldehydes is 1. The number of carbonyl (C=O) groups excluding carboxylic acids is 2. The molecule has 1 aromatic heterocycles. The van der Waals surface area contributed by atoms with Crippen molar-refractivity contribution in [2.75, 3.05) is 0 Å². The summed E-state index contributed by atoms with van der Waals surface area (Å²) in [7, 11) is 0. The van der Waals surface area contributed by atoms with E-state index in [1.807, 2.05) is 28.8 Å². The molecule has 0 atom stereocenters. The summed E-state index contributed by atoms with van der Waals surface area (Å²) in [5, 5.41) is 0.890. The molecule has 0 saturated heterocycles. The quantitative estimate of drug-likeness (QED) is 0.621. The first-order valence-corrected chi connectivity index (χ1v) is 7.96. The van der Waals surface area contributed by atoms with Gasteiger partial charge in [-0.3, -0.25) is 9.59 Å². The summed E-state index contributed by atoms with van der Waals surface area (Å²) >= 11 is 0. The van der Waals surface area contributed by atoms with Crippen LogP contribution in [0.3, 0.4) is 0 Å². The van der Waals surface area contributed by atoms with Crippen molar-refractivity contribution in [3.05, 3.63) is 36.0 Å². The molecule has 1 heterocycles. The molecular weight excluding hydrogens is 278 g/mol. The Morgan fingerprint density at radius 1 is 1.23 bits per heavy atom. The molecule has 0 unspecified atom stereocenters. The van der Waals surface area contributed by atoms with Crippen molar-refractivity contribution in [3.8, 4) is 0 Å². The van der Waals surface area contributed by atoms with Gasteiger partial charge in [-0.25, -0.2) is 0 Å². The number of esters is 1. The Morgan fingerprint density at radius 3 is 2.77 bits per heavy atom. The number of fused-ring (bicyclic) bond motifs is 1. The Kier molecular flexibility index (Phi) is 4.56. The minimum absolute atomic E-state index is 0.141. The fourth-order valence-electron chi connectivity index (χ4n) is 3.30. The van der Waals surface area contributed by atoms with Crippen molar-refractivity contribution >= 4 is 23.2 Å². The molecule has 0 amide bonds. The van der Waals surface area contributed by atoms with Gasteiger partial charge in [-0.2, -0.15) is 0 Å². The first-order chi connectivity index (χ1) is 10.8. The summed E-state index contributed by atoms with van der Waals surface area (Å²) in [5.41, 5.74) is 1.54. The van der Waals surface area contributed by atoms with Gasteiger partial charge in [0.15, 0.2) is 13.0 Å². The minimum Gasteiger partial charge on any atom is -0.444 e. The van der Waals surface area contributed by atoms with Crippen molar-refractivity contribution in [1.82, 2.24) is 4.57 Å². The molecule has 0 radical (unpaired) electrons. The summed E-state index contributed by atoms with van der Waals surface area (Å²) in [4.78, 5) is 23.1. The molecule has 1 aliphatic rings. The van der Waals surface area contributed by atoms with E-state index < -0.39 is 0 Å². The summed E-state index contributed by atoms with van der Waals surface area (Å²) in [5.74, 6) is 0.338. The molecule has 0 bridgehead atoms. The SMILES string of the molecule is O=Cc1cn(COC(=O)CC2CCCCC2)c2ccccc12. The topological polar surface area (TPSA) is 48.3 Å². The van der Waals surface area contributed by atoms with Crippen molar-refractivity contribution < 1.29 is 14.3 Å². The molecule has 3 rings (SSSR count). The van der Waals surface area contributed by atoms with Crippen LogP contribution in [-0.4, -0.2) is 16.8 Å². The normalized spacial score (nSPS) is 15.8. The molecule has 0 N–H and O–H groups in total. The molecule has 4 heteroatoms. The van der Waals surface area contributed by atoms with Crippen LogP contribution < -0.4 is 0 Å². The molecule has 0 aliphatic heterocycles. The van der Waals surface area contributed by atoms with Gasteiger partial charge in [0, 0.05) is 23.6 Å². The zero-order valence-electron chi connectivity index (χ0n) is 12.7. The number of benzene rings is 1. The van der Waals surface area contributed by atoms with E-state index in [-0.39, 0.29) is 12.7 Å². The second-order valence-corrected chi connectivity index (χ2v) is 6.04. The number of rotatable bonds is 5. The lowest BCUT2D eigenvalue weighted by molar-refractivity contribution is -0.148. The molecule has 22 heavy (non-hydrogen) atoms. The fraction of sp³-hybridized carbons (Fsp3) is 0.444. The summed E-state index contributed by atoms with van der Waals surface area (Å²) in [6, 6.07) is 7.64. The number of ether oxygens (including phenoxy) is 1. The van der Waals surface area contributed by atoms with E-state index in [2.05, 4.69) is 0 Å². The number of hydrogen-bond donors (Lipinski definition) is 0. The first-order valence-electron chi connectivity index (χ1n) is 7.96. The standard InChI is InChI=1S/C18H21NO3/c20-12-15-11-19(17-9-5-4-8-16(15)17)13-22-18(21)10-14-6-2-1-3-7-14/h4-5,8-9,11-12,14H,1-3,6-7,10,13H2. The van der Waals surface area contributed by atoms with Crippen LogP contribution in [0, 0.1) is 5.92 Å². The highest BCUT2D eigenvalue weighted by atomic mass is 16.5. The monoisotopic (exact) mass is 299 g/mol. The average molecular weight is 299 g/mol. The van der Waals surface area contributed by atoms with Crippen LogP contribution >= 0.6 is 0 Å². The molecule has 1 aliphatic carbocycles. The van der Waals surface area contributed by atoms with Crippen LogP contribution in [0.1, 0.15) is 48.9 Å². The van der Waals surface area contributed by atoms with E-state index in [9.17, 15) is 9.59 Å². The van der Waals surface area contributed by atoms with Gasteiger partial charge in [0.25, 0.3) is 0 Å². The second kappa shape index (κ2) is 6.77. The Morgan fingerprint density at radius 2 is 2.00 bits per heavy atom. The lowest BCUT2D eigenvalue weighted by Gasteiger charge is -2.20. The van der Waals surface area contributed by atoms with Gasteiger partial charge in [-0.15, -0.1) is 0 Å². The largest absolute Gasteiger partial charge is 0.444 e. The Balaban J connectivity index is 1.63. The Hall–Kier alpha value is -2.10. The molecule has 116 valence electrons. The molecule has 1 saturated carbocycles. The highest BCUT2D eigenvalue weighted by molar-refractivity contribution is 5.97. The maximum atomic E-state index is 12.0. The van der Waals surface area contributed by atoms with Gasteiger partial charge in [-0.1, -0.05) is 37.5 Å². The maximum absolute atomic E-state index is 12.0. The van der Waals surface area contributed by atoms with Crippen LogP contribution in [0.15, 0.2) is 30.5 Å². The zero-order chi connectivity index (χ0) is 15.4. The van der Waals surface area contributed by atoms with Crippen LogP contribution in [-0.2, 0) is 16.3 Å². The number of nitrogens with zero attached hydrogens (tertiary/aromatic N) is 1. The first kappa shape index (κ1) is 14.8. The summed E-state index contributed by atoms with van der Waals surface area (Å²) < 4.78 is 7.22. The van der Waals surface area contributed by atoms with Gasteiger partial charge in [-0.05, 0) is 24.8 Å². The van der Waals surface area contributed by atoms with Crippen molar-refractivity contribution in [1.29, 1.82) is 0 Å². The number of aromatic nitrogens is 1. The van der Waals surface area contributed by atoms with E-state index in [1.54, 1.807) is 6.20 Å². The van der Waals surface area contributed by atoms with Gasteiger partial charge in [0.1, 0.15) is 0 Å². The third-order valence-corrected chi connectivity index (χ3v) is 4.49. The smallest absolute Gasteiger partial charge is 0.307 e. The van der Waals surface area contributed by atoms with Gasteiger partial charge >= 0.3 is 5.97 Å². The summed E-state index contributed by atoms with van der Waals surface area (Å²) in [6.45, 7) is 0.167. The van der Waals surface area contributed by atoms with Crippen LogP contribution in [0.4, 0.5) is 0 Å². The van der Waals surface area contributed by atoms with E-state index in [0.717, 1.165) is 30.0 Å². The summed E-state index contributed by atoms with van der Waals surface area (Å²) in [6.07, 6.45) is 9.10. The molecule has 1 fully saturated rings. The van der Waals surface area contributed by atoms with Crippen LogP contribution in [0.25, 0.3) is 10.9 Å². The lowest BCUT2D eigenvalue weighted by atomic mass is 9.87. The zero-order valence-corrected chi connectivity index (χ0v) is 12.7. The van der Waals surface area contributed by atoms with E-state index in [4.69, 9.17) is 4.74 Å². The second-order valence-electron chi connectivity index (χ2n) is 6.04. The predicted octanol–water partition coefficient (Wildman–Crippen LogP) is 3.92. The van der Waals surface area contributed by atoms with Crippen molar-refractivity contribution in [2.24, 2.45) is 5.92 Å². The maximum Gasteiger partial charge on any atom is 0.307 e. The van der Waals surface area contributed by atoms with Gasteiger partial charge in [0.05, 0.1) is 5.52 Å². The Labute approximate surface area is 130 Å². The molecule has 0 spiro atoms. The van der Waals surface area contributed by atoms with Crippen molar-refractivity contribution in [3.63, 3.8) is 0 Å². The fourth-order valence-corrected chi connectivity index (χ4v) is 3.30. The number of hydrogen-bond acceptors (Lipinski definition) is 3. The van der Waals surface area contributed by atoms with E-state index in [1.165, 1.54) is 19.3 Å². The Bertz CT molecular complexity index is 668.